The Morgan fingerprint density at radius 1 is 1.03 bits per heavy atom. The lowest BCUT2D eigenvalue weighted by Gasteiger charge is -2.31. The van der Waals surface area contributed by atoms with Crippen molar-refractivity contribution < 1.29 is 18.8 Å². The van der Waals surface area contributed by atoms with E-state index in [1.165, 1.54) is 21.9 Å². The molecule has 2 atom stereocenters. The predicted molar refractivity (Wildman–Crippen MR) is 130 cm³/mol. The number of rotatable bonds is 8. The molecule has 0 bridgehead atoms. The maximum atomic E-state index is 13.6. The van der Waals surface area contributed by atoms with Crippen molar-refractivity contribution in [2.75, 3.05) is 11.4 Å². The smallest absolute Gasteiger partial charge is 0.259 e. The minimum absolute atomic E-state index is 0.0371. The minimum atomic E-state index is -0.776. The van der Waals surface area contributed by atoms with Gasteiger partial charge >= 0.3 is 0 Å². The summed E-state index contributed by atoms with van der Waals surface area (Å²) in [7, 11) is 0. The molecule has 3 aromatic carbocycles. The lowest BCUT2D eigenvalue weighted by atomic mass is 10.1. The number of hydrogen-bond acceptors (Lipinski definition) is 3. The summed E-state index contributed by atoms with van der Waals surface area (Å²) < 4.78 is 13.4. The van der Waals surface area contributed by atoms with Gasteiger partial charge in [-0.25, -0.2) is 4.39 Å². The molecule has 4 rings (SSSR count). The normalized spacial score (nSPS) is 14.2. The first kappa shape index (κ1) is 23.4. The molecule has 1 heterocycles. The Bertz CT molecular complexity index is 1240. The third-order valence-electron chi connectivity index (χ3n) is 6.38. The highest BCUT2D eigenvalue weighted by atomic mass is 19.1. The van der Waals surface area contributed by atoms with Crippen LogP contribution in [0.2, 0.25) is 0 Å². The van der Waals surface area contributed by atoms with E-state index in [-0.39, 0.29) is 42.7 Å². The first-order valence-electron chi connectivity index (χ1n) is 11.5. The number of carbonyl (C=O) groups excluding carboxylic acids is 3. The molecule has 1 aliphatic rings. The summed E-state index contributed by atoms with van der Waals surface area (Å²) in [4.78, 5) is 42.5. The van der Waals surface area contributed by atoms with Gasteiger partial charge in [0, 0.05) is 23.5 Å². The van der Waals surface area contributed by atoms with Gasteiger partial charge in [-0.05, 0) is 55.5 Å². The molecule has 34 heavy (non-hydrogen) atoms. The zero-order chi connectivity index (χ0) is 24.4. The van der Waals surface area contributed by atoms with Crippen LogP contribution < -0.4 is 10.2 Å². The first-order valence-corrected chi connectivity index (χ1v) is 11.5. The van der Waals surface area contributed by atoms with Crippen LogP contribution in [0.4, 0.5) is 10.1 Å². The van der Waals surface area contributed by atoms with Crippen molar-refractivity contribution in [3.63, 3.8) is 0 Å². The van der Waals surface area contributed by atoms with Crippen molar-refractivity contribution >= 4 is 34.2 Å². The van der Waals surface area contributed by atoms with Gasteiger partial charge in [-0.1, -0.05) is 43.3 Å². The average Bonchev–Trinajstić information content (AvgIpc) is 3.11. The van der Waals surface area contributed by atoms with Crippen molar-refractivity contribution in [3.05, 3.63) is 77.6 Å². The van der Waals surface area contributed by atoms with E-state index in [0.717, 1.165) is 17.2 Å². The van der Waals surface area contributed by atoms with Crippen molar-refractivity contribution in [1.82, 2.24) is 10.2 Å². The largest absolute Gasteiger partial charge is 0.352 e. The van der Waals surface area contributed by atoms with Crippen molar-refractivity contribution in [3.8, 4) is 0 Å². The standard InChI is InChI=1S/C27H28FN3O3/c1-4-17(2)29-26(33)18(3)30(15-19-11-13-21(28)14-12-19)24(32)16-31-23-10-6-8-20-7-5-9-22(25(20)23)27(31)34/h5-14,17-18H,4,15-16H2,1-3H3,(H,29,33)/t17-,18+/m0/s1. The van der Waals surface area contributed by atoms with Crippen LogP contribution in [0.5, 0.6) is 0 Å². The molecular weight excluding hydrogens is 433 g/mol. The molecule has 0 aromatic heterocycles. The fraction of sp³-hybridized carbons (Fsp3) is 0.296. The Hall–Kier alpha value is -3.74. The van der Waals surface area contributed by atoms with E-state index >= 15 is 0 Å². The number of halogens is 1. The van der Waals surface area contributed by atoms with Crippen LogP contribution in [-0.2, 0) is 16.1 Å². The van der Waals surface area contributed by atoms with E-state index in [4.69, 9.17) is 0 Å². The summed E-state index contributed by atoms with van der Waals surface area (Å²) in [6, 6.07) is 16.2. The summed E-state index contributed by atoms with van der Waals surface area (Å²) in [6.07, 6.45) is 0.759. The number of nitrogens with zero attached hydrogens (tertiary/aromatic N) is 2. The fourth-order valence-corrected chi connectivity index (χ4v) is 4.20. The summed E-state index contributed by atoms with van der Waals surface area (Å²) in [5.74, 6) is -1.26. The highest BCUT2D eigenvalue weighted by Crippen LogP contribution is 2.37. The molecule has 3 amide bonds. The number of hydrogen-bond donors (Lipinski definition) is 1. The molecule has 7 heteroatoms. The molecule has 0 fully saturated rings. The van der Waals surface area contributed by atoms with Gasteiger partial charge < -0.3 is 10.2 Å². The number of amides is 3. The maximum absolute atomic E-state index is 13.6. The van der Waals surface area contributed by atoms with E-state index in [2.05, 4.69) is 5.32 Å². The summed E-state index contributed by atoms with van der Waals surface area (Å²) in [6.45, 7) is 5.45. The highest BCUT2D eigenvalue weighted by Gasteiger charge is 2.34. The summed E-state index contributed by atoms with van der Waals surface area (Å²) in [5, 5.41) is 4.68. The van der Waals surface area contributed by atoms with E-state index < -0.39 is 6.04 Å². The van der Waals surface area contributed by atoms with Crippen molar-refractivity contribution in [1.29, 1.82) is 0 Å². The molecule has 0 aliphatic carbocycles. The summed E-state index contributed by atoms with van der Waals surface area (Å²) in [5.41, 5.74) is 1.94. The van der Waals surface area contributed by atoms with Gasteiger partial charge in [0.1, 0.15) is 18.4 Å². The van der Waals surface area contributed by atoms with E-state index in [1.54, 1.807) is 25.1 Å². The van der Waals surface area contributed by atoms with Crippen LogP contribution in [0.25, 0.3) is 10.8 Å². The Morgan fingerprint density at radius 3 is 2.38 bits per heavy atom. The van der Waals surface area contributed by atoms with Crippen LogP contribution in [0.15, 0.2) is 60.7 Å². The molecule has 0 spiro atoms. The maximum Gasteiger partial charge on any atom is 0.259 e. The Morgan fingerprint density at radius 2 is 1.71 bits per heavy atom. The number of nitrogens with one attached hydrogen (secondary N) is 1. The minimum Gasteiger partial charge on any atom is -0.352 e. The number of carbonyl (C=O) groups is 3. The monoisotopic (exact) mass is 461 g/mol. The first-order chi connectivity index (χ1) is 16.3. The van der Waals surface area contributed by atoms with Gasteiger partial charge in [-0.15, -0.1) is 0 Å². The lowest BCUT2D eigenvalue weighted by molar-refractivity contribution is -0.139. The predicted octanol–water partition coefficient (Wildman–Crippen LogP) is 4.27. The fourth-order valence-electron chi connectivity index (χ4n) is 4.20. The lowest BCUT2D eigenvalue weighted by Crippen LogP contribution is -2.52. The number of anilines is 1. The quantitative estimate of drug-likeness (QED) is 0.545. The Balaban J connectivity index is 1.61. The van der Waals surface area contributed by atoms with Gasteiger partial charge in [0.25, 0.3) is 5.91 Å². The third-order valence-corrected chi connectivity index (χ3v) is 6.38. The Labute approximate surface area is 198 Å². The second-order valence-corrected chi connectivity index (χ2v) is 8.71. The van der Waals surface area contributed by atoms with E-state index in [9.17, 15) is 18.8 Å². The molecule has 3 aromatic rings. The van der Waals surface area contributed by atoms with E-state index in [0.29, 0.717) is 16.8 Å². The van der Waals surface area contributed by atoms with Crippen LogP contribution in [0.3, 0.4) is 0 Å². The van der Waals surface area contributed by atoms with Gasteiger partial charge in [0.05, 0.1) is 5.69 Å². The molecule has 176 valence electrons. The second kappa shape index (κ2) is 9.63. The summed E-state index contributed by atoms with van der Waals surface area (Å²) >= 11 is 0. The second-order valence-electron chi connectivity index (χ2n) is 8.71. The molecule has 1 N–H and O–H groups in total. The zero-order valence-electron chi connectivity index (χ0n) is 19.5. The van der Waals surface area contributed by atoms with Gasteiger partial charge in [-0.2, -0.15) is 0 Å². The molecule has 0 radical (unpaired) electrons. The zero-order valence-corrected chi connectivity index (χ0v) is 19.5. The molecule has 0 saturated heterocycles. The van der Waals surface area contributed by atoms with Gasteiger partial charge in [0.2, 0.25) is 11.8 Å². The average molecular weight is 462 g/mol. The molecule has 6 nitrogen and oxygen atoms in total. The molecule has 0 unspecified atom stereocenters. The van der Waals surface area contributed by atoms with Gasteiger partial charge in [-0.3, -0.25) is 19.3 Å². The van der Waals surface area contributed by atoms with Crippen molar-refractivity contribution in [2.45, 2.75) is 45.8 Å². The third kappa shape index (κ3) is 4.51. The highest BCUT2D eigenvalue weighted by molar-refractivity contribution is 6.26. The molecule has 0 saturated carbocycles. The SMILES string of the molecule is CC[C@H](C)NC(=O)[C@@H](C)N(Cc1ccc(F)cc1)C(=O)CN1C(=O)c2cccc3cccc1c23. The van der Waals surface area contributed by atoms with Crippen LogP contribution in [0, 0.1) is 5.82 Å². The number of benzene rings is 3. The van der Waals surface area contributed by atoms with E-state index in [1.807, 2.05) is 44.2 Å². The van der Waals surface area contributed by atoms with Crippen LogP contribution in [-0.4, -0.2) is 41.2 Å². The van der Waals surface area contributed by atoms with Crippen molar-refractivity contribution in [2.24, 2.45) is 0 Å². The van der Waals surface area contributed by atoms with Crippen LogP contribution in [0.1, 0.15) is 43.1 Å². The molecule has 1 aliphatic heterocycles. The van der Waals surface area contributed by atoms with Gasteiger partial charge in [0.15, 0.2) is 0 Å². The molecular formula is C27H28FN3O3. The topological polar surface area (TPSA) is 69.7 Å². The van der Waals surface area contributed by atoms with Crippen LogP contribution >= 0.6 is 0 Å². The Kier molecular flexibility index (Phi) is 6.63.